The zero-order valence-corrected chi connectivity index (χ0v) is 14.2. The molecule has 0 aliphatic carbocycles. The fourth-order valence-corrected chi connectivity index (χ4v) is 2.64. The Kier molecular flexibility index (Phi) is 5.48. The molecule has 0 aliphatic rings. The number of aromatic nitrogens is 2. The van der Waals surface area contributed by atoms with Gasteiger partial charge in [0.25, 0.3) is 0 Å². The van der Waals surface area contributed by atoms with E-state index in [-0.39, 0.29) is 5.41 Å². The van der Waals surface area contributed by atoms with E-state index in [0.29, 0.717) is 6.04 Å². The monoisotopic (exact) mass is 303 g/mol. The number of nitrogens with zero attached hydrogens (tertiary/aromatic N) is 2. The quantitative estimate of drug-likeness (QED) is 0.823. The molecule has 1 aromatic heterocycles. The second-order valence-corrected chi connectivity index (χ2v) is 7.29. The summed E-state index contributed by atoms with van der Waals surface area (Å²) in [5.74, 6) is 0. The van der Waals surface area contributed by atoms with E-state index >= 15 is 0 Å². The van der Waals surface area contributed by atoms with Crippen LogP contribution >= 0.6 is 11.8 Å². The molecule has 0 radical (unpaired) electrons. The average Bonchev–Trinajstić information content (AvgIpc) is 2.96. The normalized spacial score (nSPS) is 13.3. The van der Waals surface area contributed by atoms with E-state index in [1.54, 1.807) is 11.8 Å². The Morgan fingerprint density at radius 2 is 1.95 bits per heavy atom. The number of rotatable bonds is 6. The fraction of sp³-hybridized carbons (Fsp3) is 0.471. The molecule has 2 rings (SSSR count). The Labute approximate surface area is 132 Å². The van der Waals surface area contributed by atoms with Crippen molar-refractivity contribution in [3.05, 3.63) is 48.5 Å². The second kappa shape index (κ2) is 7.14. The number of nitrogens with one attached hydrogen (secondary N) is 1. The van der Waals surface area contributed by atoms with Crippen molar-refractivity contribution in [1.29, 1.82) is 0 Å². The molecule has 0 saturated carbocycles. The first-order chi connectivity index (χ1) is 9.99. The van der Waals surface area contributed by atoms with Crippen LogP contribution in [0.15, 0.2) is 47.9 Å². The fourth-order valence-electron chi connectivity index (χ4n) is 2.23. The zero-order valence-electron chi connectivity index (χ0n) is 13.3. The van der Waals surface area contributed by atoms with Crippen LogP contribution in [0.4, 0.5) is 0 Å². The smallest absolute Gasteiger partial charge is 0.0946 e. The van der Waals surface area contributed by atoms with E-state index in [1.165, 1.54) is 10.5 Å². The van der Waals surface area contributed by atoms with Gasteiger partial charge < -0.3 is 9.88 Å². The maximum absolute atomic E-state index is 4.13. The first-order valence-electron chi connectivity index (χ1n) is 7.31. The molecule has 0 aliphatic heterocycles. The van der Waals surface area contributed by atoms with Crippen molar-refractivity contribution in [2.45, 2.75) is 44.8 Å². The molecule has 1 aromatic carbocycles. The van der Waals surface area contributed by atoms with E-state index < -0.39 is 0 Å². The molecule has 4 heteroatoms. The highest BCUT2D eigenvalue weighted by molar-refractivity contribution is 7.98. The van der Waals surface area contributed by atoms with Crippen LogP contribution in [0.2, 0.25) is 0 Å². The lowest BCUT2D eigenvalue weighted by Gasteiger charge is -2.32. The highest BCUT2D eigenvalue weighted by atomic mass is 32.2. The van der Waals surface area contributed by atoms with Crippen LogP contribution in [0.3, 0.4) is 0 Å². The molecule has 0 bridgehead atoms. The van der Waals surface area contributed by atoms with Crippen molar-refractivity contribution < 1.29 is 0 Å². The second-order valence-electron chi connectivity index (χ2n) is 6.41. The standard InChI is InChI=1S/C17H25N3S/c1-17(2,3)16(12-20-10-9-18-13-20)19-11-14-5-7-15(21-4)8-6-14/h5-10,13,16,19H,11-12H2,1-4H3. The molecule has 0 saturated heterocycles. The first kappa shape index (κ1) is 16.1. The van der Waals surface area contributed by atoms with Crippen molar-refractivity contribution >= 4 is 11.8 Å². The van der Waals surface area contributed by atoms with Gasteiger partial charge in [-0.2, -0.15) is 0 Å². The van der Waals surface area contributed by atoms with E-state index in [9.17, 15) is 0 Å². The van der Waals surface area contributed by atoms with E-state index in [2.05, 4.69) is 66.2 Å². The van der Waals surface area contributed by atoms with Gasteiger partial charge >= 0.3 is 0 Å². The topological polar surface area (TPSA) is 29.9 Å². The Bertz CT molecular complexity index is 526. The highest BCUT2D eigenvalue weighted by Gasteiger charge is 2.24. The molecule has 2 aromatic rings. The maximum Gasteiger partial charge on any atom is 0.0946 e. The Balaban J connectivity index is 1.98. The molecule has 3 nitrogen and oxygen atoms in total. The molecule has 114 valence electrons. The number of benzene rings is 1. The van der Waals surface area contributed by atoms with Gasteiger partial charge in [-0.1, -0.05) is 32.9 Å². The third kappa shape index (κ3) is 4.90. The Morgan fingerprint density at radius 3 is 2.48 bits per heavy atom. The minimum absolute atomic E-state index is 0.198. The molecule has 21 heavy (non-hydrogen) atoms. The summed E-state index contributed by atoms with van der Waals surface area (Å²) in [5.41, 5.74) is 1.52. The van der Waals surface area contributed by atoms with E-state index in [0.717, 1.165) is 13.1 Å². The third-order valence-corrected chi connectivity index (χ3v) is 4.45. The van der Waals surface area contributed by atoms with Crippen molar-refractivity contribution in [3.8, 4) is 0 Å². The van der Waals surface area contributed by atoms with Crippen LogP contribution in [0.5, 0.6) is 0 Å². The molecular weight excluding hydrogens is 278 g/mol. The Hall–Kier alpha value is -1.26. The number of imidazole rings is 1. The summed E-state index contributed by atoms with van der Waals surface area (Å²) in [7, 11) is 0. The number of hydrogen-bond acceptors (Lipinski definition) is 3. The van der Waals surface area contributed by atoms with Crippen LogP contribution < -0.4 is 5.32 Å². The van der Waals surface area contributed by atoms with Crippen molar-refractivity contribution in [1.82, 2.24) is 14.9 Å². The molecule has 0 spiro atoms. The predicted octanol–water partition coefficient (Wildman–Crippen LogP) is 3.81. The summed E-state index contributed by atoms with van der Waals surface area (Å²) in [5, 5.41) is 3.70. The number of thioether (sulfide) groups is 1. The van der Waals surface area contributed by atoms with Gasteiger partial charge in [-0.15, -0.1) is 11.8 Å². The average molecular weight is 303 g/mol. The molecular formula is C17H25N3S. The van der Waals surface area contributed by atoms with Gasteiger partial charge in [0.15, 0.2) is 0 Å². The SMILES string of the molecule is CSc1ccc(CNC(Cn2ccnc2)C(C)(C)C)cc1. The summed E-state index contributed by atoms with van der Waals surface area (Å²) in [6.07, 6.45) is 7.84. The Morgan fingerprint density at radius 1 is 1.24 bits per heavy atom. The van der Waals surface area contributed by atoms with Crippen LogP contribution in [-0.2, 0) is 13.1 Å². The van der Waals surface area contributed by atoms with Crippen LogP contribution in [0.1, 0.15) is 26.3 Å². The molecule has 0 amide bonds. The van der Waals surface area contributed by atoms with Gasteiger partial charge in [-0.3, -0.25) is 0 Å². The van der Waals surface area contributed by atoms with E-state index in [1.807, 2.05) is 18.7 Å². The van der Waals surface area contributed by atoms with Gasteiger partial charge in [0.05, 0.1) is 6.33 Å². The number of hydrogen-bond donors (Lipinski definition) is 1. The summed E-state index contributed by atoms with van der Waals surface area (Å²) in [6.45, 7) is 8.66. The molecule has 0 fully saturated rings. The van der Waals surface area contributed by atoms with Crippen molar-refractivity contribution in [2.24, 2.45) is 5.41 Å². The van der Waals surface area contributed by atoms with Gasteiger partial charge in [0.1, 0.15) is 0 Å². The van der Waals surface area contributed by atoms with Crippen molar-refractivity contribution in [2.75, 3.05) is 6.26 Å². The van der Waals surface area contributed by atoms with E-state index in [4.69, 9.17) is 0 Å². The summed E-state index contributed by atoms with van der Waals surface area (Å²) < 4.78 is 2.14. The molecule has 1 atom stereocenters. The lowest BCUT2D eigenvalue weighted by molar-refractivity contribution is 0.240. The lowest BCUT2D eigenvalue weighted by atomic mass is 9.86. The molecule has 1 N–H and O–H groups in total. The van der Waals surface area contributed by atoms with Gasteiger partial charge in [-0.25, -0.2) is 4.98 Å². The molecule has 1 unspecified atom stereocenters. The third-order valence-electron chi connectivity index (χ3n) is 3.71. The van der Waals surface area contributed by atoms with Gasteiger partial charge in [-0.05, 0) is 29.4 Å². The van der Waals surface area contributed by atoms with Crippen molar-refractivity contribution in [3.63, 3.8) is 0 Å². The minimum Gasteiger partial charge on any atom is -0.336 e. The molecule has 1 heterocycles. The van der Waals surface area contributed by atoms with Crippen LogP contribution in [-0.4, -0.2) is 21.8 Å². The summed E-state index contributed by atoms with van der Waals surface area (Å²) >= 11 is 1.78. The van der Waals surface area contributed by atoms with Gasteiger partial charge in [0.2, 0.25) is 0 Å². The summed E-state index contributed by atoms with van der Waals surface area (Å²) in [6, 6.07) is 9.17. The van der Waals surface area contributed by atoms with Gasteiger partial charge in [0, 0.05) is 36.4 Å². The van der Waals surface area contributed by atoms with Crippen LogP contribution in [0.25, 0.3) is 0 Å². The first-order valence-corrected chi connectivity index (χ1v) is 8.53. The highest BCUT2D eigenvalue weighted by Crippen LogP contribution is 2.21. The lowest BCUT2D eigenvalue weighted by Crippen LogP contribution is -2.42. The largest absolute Gasteiger partial charge is 0.336 e. The zero-order chi connectivity index (χ0) is 15.3. The minimum atomic E-state index is 0.198. The summed E-state index contributed by atoms with van der Waals surface area (Å²) in [4.78, 5) is 5.44. The predicted molar refractivity (Wildman–Crippen MR) is 90.5 cm³/mol. The maximum atomic E-state index is 4.13. The van der Waals surface area contributed by atoms with Crippen LogP contribution in [0, 0.1) is 5.41 Å².